The van der Waals surface area contributed by atoms with Crippen LogP contribution in [-0.4, -0.2) is 45.1 Å². The first-order valence-electron chi connectivity index (χ1n) is 11.8. The molecule has 2 heterocycles. The number of carboxylic acid groups (broad SMARTS) is 1. The predicted octanol–water partition coefficient (Wildman–Crippen LogP) is 4.99. The van der Waals surface area contributed by atoms with Crippen molar-refractivity contribution in [3.05, 3.63) is 47.7 Å². The minimum atomic E-state index is -5.08. The van der Waals surface area contributed by atoms with E-state index in [0.717, 1.165) is 41.2 Å². The van der Waals surface area contributed by atoms with E-state index in [1.165, 1.54) is 43.2 Å². The minimum Gasteiger partial charge on any atom is -0.506 e. The fraction of sp³-hybridized carbons (Fsp3) is 0.440. The van der Waals surface area contributed by atoms with E-state index in [1.807, 2.05) is 24.4 Å². The number of halogens is 3. The first-order valence-corrected chi connectivity index (χ1v) is 11.8. The van der Waals surface area contributed by atoms with Crippen molar-refractivity contribution in [1.29, 1.82) is 0 Å². The third-order valence-electron chi connectivity index (χ3n) is 7.72. The fourth-order valence-electron chi connectivity index (χ4n) is 6.24. The Balaban J connectivity index is 0.000000320. The van der Waals surface area contributed by atoms with E-state index < -0.39 is 12.1 Å². The number of phenolic OH excluding ortho intramolecular Hbond substituents is 1. The summed E-state index contributed by atoms with van der Waals surface area (Å²) < 4.78 is 31.7. The van der Waals surface area contributed by atoms with Crippen LogP contribution in [0, 0.1) is 5.92 Å². The largest absolute Gasteiger partial charge is 0.506 e. The molecule has 2 fully saturated rings. The van der Waals surface area contributed by atoms with Gasteiger partial charge in [0, 0.05) is 22.5 Å². The molecule has 6 rings (SSSR count). The van der Waals surface area contributed by atoms with Crippen LogP contribution in [0.15, 0.2) is 36.5 Å². The zero-order valence-corrected chi connectivity index (χ0v) is 19.0. The van der Waals surface area contributed by atoms with Crippen molar-refractivity contribution < 1.29 is 28.2 Å². The number of rotatable bonds is 2. The third-order valence-corrected chi connectivity index (χ3v) is 7.72. The first kappa shape index (κ1) is 23.5. The zero-order chi connectivity index (χ0) is 24.8. The maximum absolute atomic E-state index is 10.9. The van der Waals surface area contributed by atoms with Gasteiger partial charge in [0.15, 0.2) is 0 Å². The summed E-state index contributed by atoms with van der Waals surface area (Å²) in [6, 6.07) is 11.0. The minimum absolute atomic E-state index is 0.270. The number of benzene rings is 2. The number of nitrogens with one attached hydrogen (secondary N) is 3. The van der Waals surface area contributed by atoms with Gasteiger partial charge in [0.2, 0.25) is 0 Å². The number of phenols is 1. The normalized spacial score (nSPS) is 25.1. The number of aromatic nitrogens is 2. The summed E-state index contributed by atoms with van der Waals surface area (Å²) in [6.45, 7) is 1.10. The standard InChI is InChI=1S/C23H26N4O.C2HF3O2/c28-22-12-18-15(9-20-17-3-1-2-6-23(17,18)7-8-24-20)10-21(22)26-16-5-4-14-13-25-27-19(14)11-16;3-2(4,5)1(6)7/h4-5,10-13,17,20,24,26,28H,1-3,6-9H2,(H,25,27);(H,6,7)/t17-,20+,23+;/m1./s1. The van der Waals surface area contributed by atoms with E-state index in [0.29, 0.717) is 11.8 Å². The second-order valence-electron chi connectivity index (χ2n) is 9.65. The first-order chi connectivity index (χ1) is 16.7. The van der Waals surface area contributed by atoms with E-state index in [4.69, 9.17) is 9.90 Å². The van der Waals surface area contributed by atoms with Crippen LogP contribution in [0.4, 0.5) is 24.5 Å². The van der Waals surface area contributed by atoms with Gasteiger partial charge in [0.05, 0.1) is 17.4 Å². The number of nitrogens with zero attached hydrogens (tertiary/aromatic N) is 1. The Morgan fingerprint density at radius 3 is 2.74 bits per heavy atom. The Morgan fingerprint density at radius 1 is 1.17 bits per heavy atom. The quantitative estimate of drug-likeness (QED) is 0.325. The molecule has 2 aliphatic carbocycles. The van der Waals surface area contributed by atoms with Crippen molar-refractivity contribution in [2.24, 2.45) is 5.92 Å². The maximum atomic E-state index is 10.9. The molecule has 0 unspecified atom stereocenters. The van der Waals surface area contributed by atoms with Gasteiger partial charge in [-0.3, -0.25) is 5.10 Å². The highest BCUT2D eigenvalue weighted by Gasteiger charge is 2.51. The number of carboxylic acids is 1. The second kappa shape index (κ2) is 8.75. The van der Waals surface area contributed by atoms with Gasteiger partial charge >= 0.3 is 12.1 Å². The molecule has 1 aliphatic heterocycles. The number of aromatic hydroxyl groups is 1. The number of aliphatic carboxylic acids is 1. The molecule has 0 spiro atoms. The highest BCUT2D eigenvalue weighted by molar-refractivity contribution is 5.83. The molecule has 2 aromatic carbocycles. The molecule has 1 saturated heterocycles. The molecule has 3 aromatic rings. The lowest BCUT2D eigenvalue weighted by molar-refractivity contribution is -0.192. The molecular formula is C25H27F3N4O3. The SMILES string of the molecule is O=C(O)C(F)(F)F.Oc1cc2c(cc1Nc1ccc3cn[nH]c3c1)C[C@@H]1NCC[C@]23CCCC[C@H]13. The number of alkyl halides is 3. The van der Waals surface area contributed by atoms with Crippen LogP contribution in [-0.2, 0) is 16.6 Å². The van der Waals surface area contributed by atoms with E-state index in [2.05, 4.69) is 33.0 Å². The summed E-state index contributed by atoms with van der Waals surface area (Å²) in [4.78, 5) is 8.90. The van der Waals surface area contributed by atoms with Crippen LogP contribution < -0.4 is 10.6 Å². The van der Waals surface area contributed by atoms with Crippen LogP contribution in [0.5, 0.6) is 5.75 Å². The Morgan fingerprint density at radius 2 is 1.97 bits per heavy atom. The highest BCUT2D eigenvalue weighted by Crippen LogP contribution is 2.55. The zero-order valence-electron chi connectivity index (χ0n) is 19.0. The average Bonchev–Trinajstić information content (AvgIpc) is 3.28. The van der Waals surface area contributed by atoms with E-state index >= 15 is 0 Å². The number of anilines is 2. The molecule has 35 heavy (non-hydrogen) atoms. The molecule has 0 radical (unpaired) electrons. The van der Waals surface area contributed by atoms with E-state index in [1.54, 1.807) is 0 Å². The van der Waals surface area contributed by atoms with Crippen molar-refractivity contribution in [2.45, 2.75) is 56.2 Å². The average molecular weight is 489 g/mol. The number of aromatic amines is 1. The topological polar surface area (TPSA) is 110 Å². The van der Waals surface area contributed by atoms with Crippen molar-refractivity contribution in [3.63, 3.8) is 0 Å². The van der Waals surface area contributed by atoms with Crippen LogP contribution in [0.25, 0.3) is 10.9 Å². The van der Waals surface area contributed by atoms with E-state index in [9.17, 15) is 18.3 Å². The van der Waals surface area contributed by atoms with Gasteiger partial charge in [-0.05, 0) is 79.6 Å². The van der Waals surface area contributed by atoms with Crippen LogP contribution in [0.2, 0.25) is 0 Å². The lowest BCUT2D eigenvalue weighted by atomic mass is 9.53. The summed E-state index contributed by atoms with van der Waals surface area (Å²) >= 11 is 0. The monoisotopic (exact) mass is 488 g/mol. The molecule has 2 bridgehead atoms. The maximum Gasteiger partial charge on any atom is 0.490 e. The summed E-state index contributed by atoms with van der Waals surface area (Å²) in [5, 5.41) is 33.4. The highest BCUT2D eigenvalue weighted by atomic mass is 19.4. The van der Waals surface area contributed by atoms with Gasteiger partial charge in [-0.25, -0.2) is 4.79 Å². The van der Waals surface area contributed by atoms with Gasteiger partial charge in [0.1, 0.15) is 5.75 Å². The van der Waals surface area contributed by atoms with Gasteiger partial charge in [-0.15, -0.1) is 0 Å². The van der Waals surface area contributed by atoms with Crippen LogP contribution >= 0.6 is 0 Å². The van der Waals surface area contributed by atoms with Gasteiger partial charge in [-0.1, -0.05) is 12.8 Å². The number of hydrogen-bond donors (Lipinski definition) is 5. The molecule has 1 saturated carbocycles. The predicted molar refractivity (Wildman–Crippen MR) is 125 cm³/mol. The molecule has 7 nitrogen and oxygen atoms in total. The molecule has 5 N–H and O–H groups in total. The second-order valence-corrected chi connectivity index (χ2v) is 9.65. The van der Waals surface area contributed by atoms with Gasteiger partial charge in [-0.2, -0.15) is 18.3 Å². The number of piperidine rings is 1. The van der Waals surface area contributed by atoms with Crippen LogP contribution in [0.3, 0.4) is 0 Å². The van der Waals surface area contributed by atoms with E-state index in [-0.39, 0.29) is 5.41 Å². The van der Waals surface area contributed by atoms with Crippen molar-refractivity contribution in [1.82, 2.24) is 15.5 Å². The summed E-state index contributed by atoms with van der Waals surface area (Å²) in [5.41, 5.74) is 5.83. The van der Waals surface area contributed by atoms with Crippen molar-refractivity contribution >= 4 is 28.2 Å². The fourth-order valence-corrected chi connectivity index (χ4v) is 6.24. The summed E-state index contributed by atoms with van der Waals surface area (Å²) in [6.07, 6.45) is 4.25. The summed E-state index contributed by atoms with van der Waals surface area (Å²) in [7, 11) is 0. The van der Waals surface area contributed by atoms with Crippen LogP contribution in [0.1, 0.15) is 43.2 Å². The van der Waals surface area contributed by atoms with Gasteiger partial charge in [0.25, 0.3) is 0 Å². The lowest BCUT2D eigenvalue weighted by Crippen LogP contribution is -2.59. The summed E-state index contributed by atoms with van der Waals surface area (Å²) in [5.74, 6) is -1.67. The molecule has 3 aliphatic rings. The molecule has 186 valence electrons. The van der Waals surface area contributed by atoms with Crippen molar-refractivity contribution in [2.75, 3.05) is 11.9 Å². The van der Waals surface area contributed by atoms with Crippen molar-refractivity contribution in [3.8, 4) is 5.75 Å². The van der Waals surface area contributed by atoms with Gasteiger partial charge < -0.3 is 20.8 Å². The molecule has 10 heteroatoms. The lowest BCUT2D eigenvalue weighted by Gasteiger charge is -2.56. The molecule has 1 aromatic heterocycles. The number of carbonyl (C=O) groups is 1. The molecular weight excluding hydrogens is 461 g/mol. The number of fused-ring (bicyclic) bond motifs is 2. The number of hydrogen-bond acceptors (Lipinski definition) is 5. The molecule has 0 amide bonds. The number of H-pyrrole nitrogens is 1. The smallest absolute Gasteiger partial charge is 0.490 e. The Kier molecular flexibility index (Phi) is 5.86. The Bertz CT molecular complexity index is 1250. The Labute approximate surface area is 199 Å². The third kappa shape index (κ3) is 4.31. The molecule has 3 atom stereocenters. The Hall–Kier alpha value is -3.27.